The summed E-state index contributed by atoms with van der Waals surface area (Å²) in [6, 6.07) is 9.38. The van der Waals surface area contributed by atoms with Crippen molar-refractivity contribution in [3.63, 3.8) is 0 Å². The molecular weight excluding hydrogens is 238 g/mol. The van der Waals surface area contributed by atoms with E-state index in [0.717, 1.165) is 33.8 Å². The second-order valence-electron chi connectivity index (χ2n) is 4.67. The van der Waals surface area contributed by atoms with E-state index in [2.05, 4.69) is 11.9 Å². The van der Waals surface area contributed by atoms with Crippen molar-refractivity contribution in [2.45, 2.75) is 13.3 Å². The Hall–Kier alpha value is -2.49. The van der Waals surface area contributed by atoms with Crippen molar-refractivity contribution in [3.8, 4) is 0 Å². The van der Waals surface area contributed by atoms with Crippen LogP contribution in [0.3, 0.4) is 0 Å². The number of amides is 1. The van der Waals surface area contributed by atoms with Gasteiger partial charge in [0.1, 0.15) is 0 Å². The number of carbonyl (C=O) groups is 1. The predicted octanol–water partition coefficient (Wildman–Crippen LogP) is 2.56. The van der Waals surface area contributed by atoms with Crippen LogP contribution in [-0.4, -0.2) is 10.9 Å². The van der Waals surface area contributed by atoms with Gasteiger partial charge in [0, 0.05) is 27.5 Å². The normalized spacial score (nSPS) is 11.2. The van der Waals surface area contributed by atoms with E-state index in [1.807, 2.05) is 24.3 Å². The van der Waals surface area contributed by atoms with Crippen LogP contribution >= 0.6 is 0 Å². The number of hydrogen-bond acceptors (Lipinski definition) is 2. The minimum Gasteiger partial charge on any atom is -0.399 e. The Morgan fingerprint density at radius 1 is 1.26 bits per heavy atom. The van der Waals surface area contributed by atoms with Gasteiger partial charge in [-0.15, -0.1) is 0 Å². The molecule has 0 bridgehead atoms. The highest BCUT2D eigenvalue weighted by Gasteiger charge is 2.14. The van der Waals surface area contributed by atoms with Crippen LogP contribution in [0.1, 0.15) is 22.8 Å². The monoisotopic (exact) mass is 253 g/mol. The van der Waals surface area contributed by atoms with E-state index in [-0.39, 0.29) is 0 Å². The molecule has 2 aromatic carbocycles. The van der Waals surface area contributed by atoms with E-state index in [4.69, 9.17) is 11.5 Å². The van der Waals surface area contributed by atoms with Crippen molar-refractivity contribution in [2.75, 3.05) is 5.73 Å². The zero-order valence-corrected chi connectivity index (χ0v) is 10.7. The lowest BCUT2D eigenvalue weighted by Gasteiger charge is -2.04. The average Bonchev–Trinajstić information content (AvgIpc) is 2.76. The number of hydrogen-bond donors (Lipinski definition) is 3. The van der Waals surface area contributed by atoms with Gasteiger partial charge in [0.05, 0.1) is 5.52 Å². The first-order chi connectivity index (χ1) is 9.11. The first kappa shape index (κ1) is 11.6. The molecule has 0 atom stereocenters. The summed E-state index contributed by atoms with van der Waals surface area (Å²) in [6.45, 7) is 2.08. The Morgan fingerprint density at radius 3 is 2.74 bits per heavy atom. The summed E-state index contributed by atoms with van der Waals surface area (Å²) < 4.78 is 0. The van der Waals surface area contributed by atoms with E-state index < -0.39 is 5.91 Å². The molecule has 0 unspecified atom stereocenters. The van der Waals surface area contributed by atoms with Crippen molar-refractivity contribution < 1.29 is 4.79 Å². The predicted molar refractivity (Wildman–Crippen MR) is 78.1 cm³/mol. The van der Waals surface area contributed by atoms with Gasteiger partial charge in [-0.1, -0.05) is 13.0 Å². The highest BCUT2D eigenvalue weighted by atomic mass is 16.1. The summed E-state index contributed by atoms with van der Waals surface area (Å²) in [6.07, 6.45) is 0.887. The van der Waals surface area contributed by atoms with Gasteiger partial charge in [0.25, 0.3) is 0 Å². The SMILES string of the molecule is CCc1ccc(C(N)=O)c2c1[nH]c1ccc(N)cc12. The summed E-state index contributed by atoms with van der Waals surface area (Å²) in [5, 5.41) is 1.81. The van der Waals surface area contributed by atoms with Crippen molar-refractivity contribution in [1.29, 1.82) is 0 Å². The fourth-order valence-electron chi connectivity index (χ4n) is 2.58. The number of fused-ring (bicyclic) bond motifs is 3. The van der Waals surface area contributed by atoms with Crippen LogP contribution in [0.4, 0.5) is 5.69 Å². The van der Waals surface area contributed by atoms with E-state index in [1.54, 1.807) is 6.07 Å². The lowest BCUT2D eigenvalue weighted by atomic mass is 10.0. The maximum atomic E-state index is 11.6. The number of nitrogens with two attached hydrogens (primary N) is 2. The molecule has 0 fully saturated rings. The number of anilines is 1. The van der Waals surface area contributed by atoms with Crippen molar-refractivity contribution in [3.05, 3.63) is 41.5 Å². The third kappa shape index (κ3) is 1.64. The molecule has 0 aliphatic carbocycles. The largest absolute Gasteiger partial charge is 0.399 e. The molecule has 3 rings (SSSR count). The van der Waals surface area contributed by atoms with Gasteiger partial charge in [-0.05, 0) is 36.2 Å². The van der Waals surface area contributed by atoms with Gasteiger partial charge in [-0.25, -0.2) is 0 Å². The van der Waals surface area contributed by atoms with E-state index in [0.29, 0.717) is 11.3 Å². The van der Waals surface area contributed by atoms with Gasteiger partial charge in [-0.3, -0.25) is 4.79 Å². The molecule has 0 saturated heterocycles. The van der Waals surface area contributed by atoms with Gasteiger partial charge in [0.2, 0.25) is 5.91 Å². The van der Waals surface area contributed by atoms with Crippen LogP contribution in [0.15, 0.2) is 30.3 Å². The van der Waals surface area contributed by atoms with Crippen LogP contribution in [0.25, 0.3) is 21.8 Å². The highest BCUT2D eigenvalue weighted by Crippen LogP contribution is 2.32. The second-order valence-corrected chi connectivity index (χ2v) is 4.67. The van der Waals surface area contributed by atoms with Crippen molar-refractivity contribution in [1.82, 2.24) is 4.98 Å². The van der Waals surface area contributed by atoms with Crippen LogP contribution in [0, 0.1) is 0 Å². The summed E-state index contributed by atoms with van der Waals surface area (Å²) in [4.78, 5) is 15.0. The second kappa shape index (κ2) is 4.02. The molecule has 3 aromatic rings. The molecule has 0 aliphatic rings. The lowest BCUT2D eigenvalue weighted by molar-refractivity contribution is 0.100. The standard InChI is InChI=1S/C15H15N3O/c1-2-8-3-5-10(15(17)19)13-11-7-9(16)4-6-12(11)18-14(8)13/h3-7,18H,2,16H2,1H3,(H2,17,19). The zero-order valence-electron chi connectivity index (χ0n) is 10.7. The molecule has 1 aromatic heterocycles. The molecule has 5 N–H and O–H groups in total. The van der Waals surface area contributed by atoms with Crippen LogP contribution < -0.4 is 11.5 Å². The number of aromatic nitrogens is 1. The number of nitrogen functional groups attached to an aromatic ring is 1. The number of H-pyrrole nitrogens is 1. The third-order valence-electron chi connectivity index (χ3n) is 3.51. The Labute approximate surface area is 110 Å². The number of primary amides is 1. The Kier molecular flexibility index (Phi) is 2.45. The highest BCUT2D eigenvalue weighted by molar-refractivity contribution is 6.18. The van der Waals surface area contributed by atoms with Gasteiger partial charge >= 0.3 is 0 Å². The van der Waals surface area contributed by atoms with Crippen molar-refractivity contribution >= 4 is 33.4 Å². The van der Waals surface area contributed by atoms with Crippen LogP contribution in [-0.2, 0) is 6.42 Å². The molecule has 0 saturated carbocycles. The Balaban J connectivity index is 2.55. The van der Waals surface area contributed by atoms with E-state index >= 15 is 0 Å². The first-order valence-electron chi connectivity index (χ1n) is 6.24. The van der Waals surface area contributed by atoms with E-state index in [9.17, 15) is 4.79 Å². The maximum Gasteiger partial charge on any atom is 0.249 e. The molecule has 0 spiro atoms. The molecule has 0 aliphatic heterocycles. The molecule has 1 heterocycles. The number of benzene rings is 2. The maximum absolute atomic E-state index is 11.6. The molecule has 4 heteroatoms. The number of aryl methyl sites for hydroxylation is 1. The molecule has 96 valence electrons. The molecule has 1 amide bonds. The van der Waals surface area contributed by atoms with E-state index in [1.165, 1.54) is 0 Å². The summed E-state index contributed by atoms with van der Waals surface area (Å²) in [5.41, 5.74) is 15.6. The topological polar surface area (TPSA) is 84.9 Å². The summed E-state index contributed by atoms with van der Waals surface area (Å²) in [5.74, 6) is -0.420. The van der Waals surface area contributed by atoms with Gasteiger partial charge in [-0.2, -0.15) is 0 Å². The quantitative estimate of drug-likeness (QED) is 0.613. The smallest absolute Gasteiger partial charge is 0.249 e. The van der Waals surface area contributed by atoms with Crippen LogP contribution in [0.2, 0.25) is 0 Å². The fraction of sp³-hybridized carbons (Fsp3) is 0.133. The number of carbonyl (C=O) groups excluding carboxylic acids is 1. The Morgan fingerprint density at radius 2 is 2.05 bits per heavy atom. The number of aromatic amines is 1. The van der Waals surface area contributed by atoms with Gasteiger partial charge in [0.15, 0.2) is 0 Å². The number of rotatable bonds is 2. The van der Waals surface area contributed by atoms with Crippen molar-refractivity contribution in [2.24, 2.45) is 5.73 Å². The molecule has 4 nitrogen and oxygen atoms in total. The Bertz CT molecular complexity index is 802. The minimum absolute atomic E-state index is 0.420. The minimum atomic E-state index is -0.420. The van der Waals surface area contributed by atoms with Gasteiger partial charge < -0.3 is 16.5 Å². The average molecular weight is 253 g/mol. The summed E-state index contributed by atoms with van der Waals surface area (Å²) >= 11 is 0. The fourth-order valence-corrected chi connectivity index (χ4v) is 2.58. The molecule has 0 radical (unpaired) electrons. The lowest BCUT2D eigenvalue weighted by Crippen LogP contribution is -2.11. The zero-order chi connectivity index (χ0) is 13.6. The number of nitrogens with one attached hydrogen (secondary N) is 1. The molecular formula is C15H15N3O. The molecule has 19 heavy (non-hydrogen) atoms. The van der Waals surface area contributed by atoms with Crippen LogP contribution in [0.5, 0.6) is 0 Å². The third-order valence-corrected chi connectivity index (χ3v) is 3.51. The summed E-state index contributed by atoms with van der Waals surface area (Å²) in [7, 11) is 0. The first-order valence-corrected chi connectivity index (χ1v) is 6.24.